The van der Waals surface area contributed by atoms with Crippen LogP contribution in [0, 0.1) is 5.82 Å². The van der Waals surface area contributed by atoms with Gasteiger partial charge in [0.1, 0.15) is 5.82 Å². The van der Waals surface area contributed by atoms with E-state index in [1.165, 1.54) is 12.1 Å². The molecule has 1 fully saturated rings. The Morgan fingerprint density at radius 1 is 1.05 bits per heavy atom. The van der Waals surface area contributed by atoms with E-state index in [1.807, 2.05) is 0 Å². The number of carbonyl (C=O) groups excluding carboxylic acids is 2. The first-order valence-corrected chi connectivity index (χ1v) is 12.9. The van der Waals surface area contributed by atoms with E-state index in [0.717, 1.165) is 35.6 Å². The van der Waals surface area contributed by atoms with Gasteiger partial charge < -0.3 is 15.1 Å². The molecule has 0 atom stereocenters. The van der Waals surface area contributed by atoms with E-state index >= 15 is 0 Å². The van der Waals surface area contributed by atoms with Crippen molar-refractivity contribution in [3.05, 3.63) is 81.1 Å². The van der Waals surface area contributed by atoms with Crippen molar-refractivity contribution in [3.8, 4) is 0 Å². The van der Waals surface area contributed by atoms with Gasteiger partial charge in [-0.05, 0) is 43.4 Å². The Kier molecular flexibility index (Phi) is 8.71. The summed E-state index contributed by atoms with van der Waals surface area (Å²) in [6.07, 6.45) is -2.94. The Hall–Kier alpha value is -3.55. The molecule has 15 heteroatoms. The van der Waals surface area contributed by atoms with Gasteiger partial charge >= 0.3 is 12.1 Å². The molecule has 2 heterocycles. The molecule has 2 N–H and O–H groups in total. The molecular weight excluding hydrogens is 595 g/mol. The summed E-state index contributed by atoms with van der Waals surface area (Å²) in [5, 5.41) is 23.0. The van der Waals surface area contributed by atoms with Crippen LogP contribution in [0.4, 0.5) is 17.6 Å². The van der Waals surface area contributed by atoms with Crippen molar-refractivity contribution < 1.29 is 42.2 Å². The zero-order valence-electron chi connectivity index (χ0n) is 21.0. The molecule has 0 saturated heterocycles. The lowest BCUT2D eigenvalue weighted by Crippen LogP contribution is -2.42. The number of hydrogen-bond donors (Lipinski definition) is 2. The van der Waals surface area contributed by atoms with Crippen molar-refractivity contribution in [2.45, 2.75) is 50.0 Å². The zero-order chi connectivity index (χ0) is 30.1. The van der Waals surface area contributed by atoms with Crippen molar-refractivity contribution in [1.82, 2.24) is 19.7 Å². The summed E-state index contributed by atoms with van der Waals surface area (Å²) < 4.78 is 57.2. The molecule has 218 valence electrons. The second-order valence-electron chi connectivity index (χ2n) is 9.61. The van der Waals surface area contributed by atoms with Gasteiger partial charge in [0.25, 0.3) is 5.91 Å². The quantitative estimate of drug-likeness (QED) is 0.263. The number of carboxylic acid groups (broad SMARTS) is 1. The molecule has 0 aliphatic heterocycles. The molecule has 9 nitrogen and oxygen atoms in total. The van der Waals surface area contributed by atoms with Gasteiger partial charge in [-0.25, -0.2) is 9.18 Å². The van der Waals surface area contributed by atoms with Gasteiger partial charge in [-0.3, -0.25) is 19.3 Å². The van der Waals surface area contributed by atoms with Crippen LogP contribution in [-0.4, -0.2) is 59.7 Å². The van der Waals surface area contributed by atoms with Crippen LogP contribution in [0.5, 0.6) is 0 Å². The molecule has 1 aromatic carbocycles. The monoisotopic (exact) mass is 616 g/mol. The third-order valence-corrected chi connectivity index (χ3v) is 7.43. The fourth-order valence-electron chi connectivity index (χ4n) is 4.73. The zero-order valence-corrected chi connectivity index (χ0v) is 22.5. The number of ketones is 1. The number of benzene rings is 1. The number of carboxylic acids is 1. The van der Waals surface area contributed by atoms with Gasteiger partial charge in [-0.2, -0.15) is 18.3 Å². The summed E-state index contributed by atoms with van der Waals surface area (Å²) in [6.45, 7) is -1.11. The molecule has 1 aliphatic carbocycles. The average molecular weight is 617 g/mol. The summed E-state index contributed by atoms with van der Waals surface area (Å²) in [7, 11) is 0. The molecule has 4 rings (SSSR count). The van der Waals surface area contributed by atoms with E-state index in [9.17, 15) is 42.2 Å². The fourth-order valence-corrected chi connectivity index (χ4v) is 5.30. The Labute approximate surface area is 240 Å². The molecule has 1 aliphatic rings. The van der Waals surface area contributed by atoms with E-state index in [0.29, 0.717) is 10.2 Å². The van der Waals surface area contributed by atoms with Gasteiger partial charge in [0, 0.05) is 18.9 Å². The third kappa shape index (κ3) is 6.52. The molecule has 1 amide bonds. The SMILES string of the molecule is O=C(CN(Cc1ccc(F)cc1)C(=O)c1cnn(C2CCC(O)(C(=O)O)CC2)c1C(F)(F)F)c1c(Cl)cncc1Cl. The van der Waals surface area contributed by atoms with Gasteiger partial charge in [-0.15, -0.1) is 0 Å². The van der Waals surface area contributed by atoms with E-state index < -0.39 is 59.1 Å². The first-order chi connectivity index (χ1) is 19.2. The second-order valence-corrected chi connectivity index (χ2v) is 10.4. The number of amides is 1. The van der Waals surface area contributed by atoms with E-state index in [1.54, 1.807) is 0 Å². The summed E-state index contributed by atoms with van der Waals surface area (Å²) >= 11 is 12.1. The summed E-state index contributed by atoms with van der Waals surface area (Å²) in [5.74, 6) is -4.03. The molecule has 0 radical (unpaired) electrons. The molecule has 1 saturated carbocycles. The van der Waals surface area contributed by atoms with Crippen LogP contribution in [0.3, 0.4) is 0 Å². The third-order valence-electron chi connectivity index (χ3n) is 6.86. The summed E-state index contributed by atoms with van der Waals surface area (Å²) in [6, 6.07) is 3.86. The number of alkyl halides is 3. The lowest BCUT2D eigenvalue weighted by atomic mass is 9.82. The van der Waals surface area contributed by atoms with Crippen LogP contribution in [-0.2, 0) is 17.5 Å². The van der Waals surface area contributed by atoms with E-state index in [-0.39, 0.29) is 47.8 Å². The fraction of sp³-hybridized carbons (Fsp3) is 0.346. The molecule has 0 bridgehead atoms. The topological polar surface area (TPSA) is 126 Å². The van der Waals surface area contributed by atoms with Gasteiger partial charge in [0.2, 0.25) is 0 Å². The van der Waals surface area contributed by atoms with E-state index in [2.05, 4.69) is 10.1 Å². The summed E-state index contributed by atoms with van der Waals surface area (Å²) in [5.41, 5.74) is -4.16. The van der Waals surface area contributed by atoms with Gasteiger partial charge in [0.05, 0.1) is 40.0 Å². The van der Waals surface area contributed by atoms with Crippen LogP contribution in [0.25, 0.3) is 0 Å². The number of nitrogens with zero attached hydrogens (tertiary/aromatic N) is 4. The van der Waals surface area contributed by atoms with Crippen molar-refractivity contribution in [2.75, 3.05) is 6.54 Å². The number of halogens is 6. The van der Waals surface area contributed by atoms with Crippen molar-refractivity contribution in [1.29, 1.82) is 0 Å². The smallest absolute Gasteiger partial charge is 0.433 e. The minimum Gasteiger partial charge on any atom is -0.479 e. The number of hydrogen-bond acceptors (Lipinski definition) is 6. The largest absolute Gasteiger partial charge is 0.479 e. The average Bonchev–Trinajstić information content (AvgIpc) is 3.35. The number of rotatable bonds is 8. The number of Topliss-reactive ketones (excluding diaryl/α,β-unsaturated/α-hetero) is 1. The van der Waals surface area contributed by atoms with Crippen LogP contribution in [0.2, 0.25) is 10.0 Å². The van der Waals surface area contributed by atoms with Crippen molar-refractivity contribution >= 4 is 40.9 Å². The maximum atomic E-state index is 14.4. The molecule has 2 aromatic heterocycles. The van der Waals surface area contributed by atoms with Crippen LogP contribution < -0.4 is 0 Å². The van der Waals surface area contributed by atoms with Crippen LogP contribution in [0.1, 0.15) is 63.7 Å². The number of carbonyl (C=O) groups is 3. The lowest BCUT2D eigenvalue weighted by Gasteiger charge is -2.33. The highest BCUT2D eigenvalue weighted by Crippen LogP contribution is 2.40. The molecule has 0 spiro atoms. The standard InChI is InChI=1S/C26H22Cl2F4N4O5/c27-18-10-33-11-19(28)21(18)20(37)13-35(12-14-1-3-15(29)4-2-14)23(38)17-9-34-36(22(17)26(30,31)32)16-5-7-25(41,8-6-16)24(39)40/h1-4,9-11,16,41H,5-8,12-13H2,(H,39,40). The Morgan fingerprint density at radius 2 is 1.63 bits per heavy atom. The number of aliphatic carboxylic acids is 1. The first kappa shape index (κ1) is 30.4. The highest BCUT2D eigenvalue weighted by molar-refractivity contribution is 6.39. The van der Waals surface area contributed by atoms with E-state index in [4.69, 9.17) is 23.2 Å². The van der Waals surface area contributed by atoms with Crippen LogP contribution in [0.15, 0.2) is 42.9 Å². The minimum atomic E-state index is -5.06. The maximum absolute atomic E-state index is 14.4. The van der Waals surface area contributed by atoms with Crippen molar-refractivity contribution in [2.24, 2.45) is 0 Å². The Balaban J connectivity index is 1.71. The highest BCUT2D eigenvalue weighted by atomic mass is 35.5. The first-order valence-electron chi connectivity index (χ1n) is 12.2. The maximum Gasteiger partial charge on any atom is 0.433 e. The lowest BCUT2D eigenvalue weighted by molar-refractivity contribution is -0.163. The molecule has 0 unspecified atom stereocenters. The molecular formula is C26H22Cl2F4N4O5. The number of pyridine rings is 1. The van der Waals surface area contributed by atoms with Crippen LogP contribution >= 0.6 is 23.2 Å². The summed E-state index contributed by atoms with van der Waals surface area (Å²) in [4.78, 5) is 42.8. The van der Waals surface area contributed by atoms with Crippen molar-refractivity contribution in [3.63, 3.8) is 0 Å². The molecule has 41 heavy (non-hydrogen) atoms. The molecule has 3 aromatic rings. The van der Waals surface area contributed by atoms with Gasteiger partial charge in [0.15, 0.2) is 17.1 Å². The predicted molar refractivity (Wildman–Crippen MR) is 137 cm³/mol. The number of aromatic nitrogens is 3. The number of aliphatic hydroxyl groups is 1. The van der Waals surface area contributed by atoms with Gasteiger partial charge in [-0.1, -0.05) is 35.3 Å². The minimum absolute atomic E-state index is 0.126. The highest BCUT2D eigenvalue weighted by Gasteiger charge is 2.46. The predicted octanol–water partition coefficient (Wildman–Crippen LogP) is 5.20. The Bertz CT molecular complexity index is 1450. The Morgan fingerprint density at radius 3 is 2.17 bits per heavy atom. The normalized spacial score (nSPS) is 19.1. The second kappa shape index (κ2) is 11.7.